The summed E-state index contributed by atoms with van der Waals surface area (Å²) in [6.07, 6.45) is 0. The average Bonchev–Trinajstić information content (AvgIpc) is 2.49. The quantitative estimate of drug-likeness (QED) is 0.473. The van der Waals surface area contributed by atoms with Gasteiger partial charge in [-0.2, -0.15) is 8.42 Å². The van der Waals surface area contributed by atoms with E-state index in [0.29, 0.717) is 16.9 Å². The number of hydrogen-bond donors (Lipinski definition) is 0. The largest absolute Gasteiger partial charge is 0.497 e. The van der Waals surface area contributed by atoms with Gasteiger partial charge in [-0.1, -0.05) is 6.07 Å². The highest BCUT2D eigenvalue weighted by Crippen LogP contribution is 2.30. The molecule has 0 radical (unpaired) electrons. The Morgan fingerprint density at radius 3 is 2.26 bits per heavy atom. The van der Waals surface area contributed by atoms with Crippen LogP contribution in [0.15, 0.2) is 41.3 Å². The third-order valence-corrected chi connectivity index (χ3v) is 4.57. The molecular formula is C15H15NO6S. The van der Waals surface area contributed by atoms with Crippen molar-refractivity contribution < 1.29 is 22.3 Å². The number of ether oxygens (including phenoxy) is 1. The van der Waals surface area contributed by atoms with E-state index in [1.165, 1.54) is 31.4 Å². The maximum Gasteiger partial charge on any atom is 0.346 e. The Bertz CT molecular complexity index is 860. The number of rotatable bonds is 5. The van der Waals surface area contributed by atoms with Crippen LogP contribution >= 0.6 is 0 Å². The van der Waals surface area contributed by atoms with Gasteiger partial charge >= 0.3 is 10.1 Å². The summed E-state index contributed by atoms with van der Waals surface area (Å²) in [6.45, 7) is 3.34. The first-order chi connectivity index (χ1) is 10.7. The standard InChI is InChI=1S/C15H15NO6S/c1-10-7-14(16(17)18)15(8-11(10)2)23(19,20)22-13-6-4-5-12(9-13)21-3/h4-9H,1-3H3. The van der Waals surface area contributed by atoms with Crippen molar-refractivity contribution in [1.29, 1.82) is 0 Å². The fraction of sp³-hybridized carbons (Fsp3) is 0.200. The lowest BCUT2D eigenvalue weighted by Gasteiger charge is -2.10. The number of aryl methyl sites for hydroxylation is 2. The molecule has 0 atom stereocenters. The number of nitro groups is 1. The Morgan fingerprint density at radius 2 is 1.65 bits per heavy atom. The molecule has 0 aliphatic carbocycles. The van der Waals surface area contributed by atoms with Crippen molar-refractivity contribution in [2.24, 2.45) is 0 Å². The van der Waals surface area contributed by atoms with Crippen LogP contribution < -0.4 is 8.92 Å². The predicted molar refractivity (Wildman–Crippen MR) is 83.4 cm³/mol. The highest BCUT2D eigenvalue weighted by molar-refractivity contribution is 7.87. The Balaban J connectivity index is 2.51. The van der Waals surface area contributed by atoms with Gasteiger partial charge in [0.25, 0.3) is 5.69 Å². The van der Waals surface area contributed by atoms with Crippen molar-refractivity contribution in [2.45, 2.75) is 18.7 Å². The Kier molecular flexibility index (Phi) is 4.55. The van der Waals surface area contributed by atoms with Crippen LogP contribution in [0, 0.1) is 24.0 Å². The maximum absolute atomic E-state index is 12.4. The topological polar surface area (TPSA) is 95.7 Å². The number of benzene rings is 2. The van der Waals surface area contributed by atoms with Crippen LogP contribution in [-0.4, -0.2) is 20.5 Å². The molecule has 23 heavy (non-hydrogen) atoms. The molecule has 0 amide bonds. The van der Waals surface area contributed by atoms with Crippen LogP contribution in [-0.2, 0) is 10.1 Å². The van der Waals surface area contributed by atoms with Gasteiger partial charge in [-0.05, 0) is 43.2 Å². The molecule has 8 heteroatoms. The van der Waals surface area contributed by atoms with Gasteiger partial charge in [-0.3, -0.25) is 10.1 Å². The van der Waals surface area contributed by atoms with Crippen LogP contribution in [0.1, 0.15) is 11.1 Å². The summed E-state index contributed by atoms with van der Waals surface area (Å²) >= 11 is 0. The van der Waals surface area contributed by atoms with E-state index in [9.17, 15) is 18.5 Å². The van der Waals surface area contributed by atoms with E-state index in [-0.39, 0.29) is 5.75 Å². The molecule has 122 valence electrons. The number of nitro benzene ring substituents is 1. The van der Waals surface area contributed by atoms with Crippen molar-refractivity contribution >= 4 is 15.8 Å². The van der Waals surface area contributed by atoms with E-state index in [4.69, 9.17) is 8.92 Å². The molecule has 0 saturated heterocycles. The molecule has 7 nitrogen and oxygen atoms in total. The van der Waals surface area contributed by atoms with Gasteiger partial charge < -0.3 is 8.92 Å². The Morgan fingerprint density at radius 1 is 1.04 bits per heavy atom. The van der Waals surface area contributed by atoms with Gasteiger partial charge in [0.2, 0.25) is 0 Å². The van der Waals surface area contributed by atoms with E-state index in [2.05, 4.69) is 0 Å². The average molecular weight is 337 g/mol. The van der Waals surface area contributed by atoms with E-state index in [0.717, 1.165) is 0 Å². The molecule has 0 fully saturated rings. The van der Waals surface area contributed by atoms with E-state index < -0.39 is 25.6 Å². The highest BCUT2D eigenvalue weighted by Gasteiger charge is 2.28. The first-order valence-corrected chi connectivity index (χ1v) is 7.99. The minimum Gasteiger partial charge on any atom is -0.497 e. The summed E-state index contributed by atoms with van der Waals surface area (Å²) in [5.41, 5.74) is 0.719. The second kappa shape index (κ2) is 6.25. The Hall–Kier alpha value is -2.61. The van der Waals surface area contributed by atoms with Crippen LogP contribution in [0.25, 0.3) is 0 Å². The van der Waals surface area contributed by atoms with E-state index in [1.807, 2.05) is 0 Å². The van der Waals surface area contributed by atoms with Crippen LogP contribution in [0.2, 0.25) is 0 Å². The fourth-order valence-corrected chi connectivity index (χ4v) is 3.10. The minimum atomic E-state index is -4.35. The molecule has 2 rings (SSSR count). The van der Waals surface area contributed by atoms with Crippen LogP contribution in [0.4, 0.5) is 5.69 Å². The second-order valence-corrected chi connectivity index (χ2v) is 6.39. The maximum atomic E-state index is 12.4. The first kappa shape index (κ1) is 16.8. The van der Waals surface area contributed by atoms with Crippen molar-refractivity contribution in [3.8, 4) is 11.5 Å². The molecule has 0 heterocycles. The van der Waals surface area contributed by atoms with Crippen LogP contribution in [0.5, 0.6) is 11.5 Å². The molecule has 2 aromatic rings. The lowest BCUT2D eigenvalue weighted by molar-refractivity contribution is -0.387. The van der Waals surface area contributed by atoms with Crippen molar-refractivity contribution in [2.75, 3.05) is 7.11 Å². The van der Waals surface area contributed by atoms with Crippen molar-refractivity contribution in [3.05, 3.63) is 57.6 Å². The monoisotopic (exact) mass is 337 g/mol. The van der Waals surface area contributed by atoms with Gasteiger partial charge in [0, 0.05) is 12.1 Å². The normalized spacial score (nSPS) is 11.1. The zero-order chi connectivity index (χ0) is 17.2. The molecule has 2 aromatic carbocycles. The summed E-state index contributed by atoms with van der Waals surface area (Å²) in [4.78, 5) is 9.93. The van der Waals surface area contributed by atoms with Gasteiger partial charge in [-0.15, -0.1) is 0 Å². The zero-order valence-corrected chi connectivity index (χ0v) is 13.6. The van der Waals surface area contributed by atoms with E-state index >= 15 is 0 Å². The molecule has 0 bridgehead atoms. The molecular weight excluding hydrogens is 322 g/mol. The molecule has 0 saturated carbocycles. The van der Waals surface area contributed by atoms with Crippen molar-refractivity contribution in [1.82, 2.24) is 0 Å². The molecule has 0 N–H and O–H groups in total. The Labute approximate surface area is 133 Å². The smallest absolute Gasteiger partial charge is 0.346 e. The van der Waals surface area contributed by atoms with Gasteiger partial charge in [-0.25, -0.2) is 0 Å². The first-order valence-electron chi connectivity index (χ1n) is 6.59. The molecule has 0 unspecified atom stereocenters. The lowest BCUT2D eigenvalue weighted by atomic mass is 10.1. The van der Waals surface area contributed by atoms with Gasteiger partial charge in [0.05, 0.1) is 12.0 Å². The zero-order valence-electron chi connectivity index (χ0n) is 12.8. The molecule has 0 aliphatic heterocycles. The number of nitrogens with zero attached hydrogens (tertiary/aromatic N) is 1. The molecule has 0 spiro atoms. The predicted octanol–water partition coefficient (Wildman–Crippen LogP) is 2.99. The molecule has 0 aliphatic rings. The van der Waals surface area contributed by atoms with Crippen molar-refractivity contribution in [3.63, 3.8) is 0 Å². The summed E-state index contributed by atoms with van der Waals surface area (Å²) < 4.78 is 34.8. The van der Waals surface area contributed by atoms with Crippen LogP contribution in [0.3, 0.4) is 0 Å². The summed E-state index contributed by atoms with van der Waals surface area (Å²) in [6, 6.07) is 8.44. The SMILES string of the molecule is COc1cccc(OS(=O)(=O)c2cc(C)c(C)cc2[N+](=O)[O-])c1. The molecule has 0 aromatic heterocycles. The lowest BCUT2D eigenvalue weighted by Crippen LogP contribution is -2.12. The highest BCUT2D eigenvalue weighted by atomic mass is 32.2. The van der Waals surface area contributed by atoms with Gasteiger partial charge in [0.15, 0.2) is 4.90 Å². The third-order valence-electron chi connectivity index (χ3n) is 3.29. The summed E-state index contributed by atoms with van der Waals surface area (Å²) in [5, 5.41) is 11.2. The van der Waals surface area contributed by atoms with Gasteiger partial charge in [0.1, 0.15) is 11.5 Å². The van der Waals surface area contributed by atoms with E-state index in [1.54, 1.807) is 26.0 Å². The number of methoxy groups -OCH3 is 1. The summed E-state index contributed by atoms with van der Waals surface area (Å²) in [7, 11) is -2.92. The summed E-state index contributed by atoms with van der Waals surface area (Å²) in [5.74, 6) is 0.421. The minimum absolute atomic E-state index is 0.0110. The fourth-order valence-electron chi connectivity index (χ4n) is 1.94. The third kappa shape index (κ3) is 3.59. The second-order valence-electron chi connectivity index (χ2n) is 4.88. The number of hydrogen-bond acceptors (Lipinski definition) is 6.